The van der Waals surface area contributed by atoms with Crippen molar-refractivity contribution in [2.24, 2.45) is 0 Å². The molecule has 1 aliphatic heterocycles. The molecule has 0 spiro atoms. The monoisotopic (exact) mass is 335 g/mol. The van der Waals surface area contributed by atoms with Crippen molar-refractivity contribution in [3.63, 3.8) is 0 Å². The zero-order valence-corrected chi connectivity index (χ0v) is 14.6. The van der Waals surface area contributed by atoms with Crippen LogP contribution in [0.15, 0.2) is 6.07 Å². The Labute approximate surface area is 141 Å². The first-order valence-electron chi connectivity index (χ1n) is 8.71. The molecule has 4 nitrogen and oxygen atoms in total. The first kappa shape index (κ1) is 16.5. The minimum absolute atomic E-state index is 0.0110. The van der Waals surface area contributed by atoms with Gasteiger partial charge in [0.05, 0.1) is 12.0 Å². The molecular weight excluding hydrogens is 310 g/mol. The number of amides is 1. The van der Waals surface area contributed by atoms with Crippen LogP contribution in [0.4, 0.5) is 0 Å². The van der Waals surface area contributed by atoms with Crippen molar-refractivity contribution in [3.8, 4) is 0 Å². The molecule has 5 heteroatoms. The van der Waals surface area contributed by atoms with Crippen molar-refractivity contribution < 1.29 is 14.3 Å². The van der Waals surface area contributed by atoms with Crippen molar-refractivity contribution in [2.45, 2.75) is 63.8 Å². The van der Waals surface area contributed by atoms with Crippen LogP contribution in [-0.2, 0) is 22.4 Å². The van der Waals surface area contributed by atoms with Crippen LogP contribution < -0.4 is 0 Å². The Hall–Kier alpha value is -1.36. The molecule has 0 saturated carbocycles. The molecule has 1 atom stereocenters. The number of carbonyl (C=O) groups excluding carboxylic acids is 2. The number of likely N-dealkylation sites (tertiary alicyclic amines) is 1. The SMILES string of the molecule is COC(=O)C1CCCCN1C(=O)c1cc2c(s1)CCCCCC2. The van der Waals surface area contributed by atoms with E-state index in [4.69, 9.17) is 4.74 Å². The molecule has 0 bridgehead atoms. The molecule has 126 valence electrons. The first-order chi connectivity index (χ1) is 11.2. The lowest BCUT2D eigenvalue weighted by molar-refractivity contribution is -0.147. The van der Waals surface area contributed by atoms with E-state index in [1.54, 1.807) is 16.2 Å². The lowest BCUT2D eigenvalue weighted by atomic mass is 9.99. The summed E-state index contributed by atoms with van der Waals surface area (Å²) < 4.78 is 4.89. The number of piperidine rings is 1. The zero-order chi connectivity index (χ0) is 16.2. The fraction of sp³-hybridized carbons (Fsp3) is 0.667. The minimum atomic E-state index is -0.411. The third kappa shape index (κ3) is 3.60. The predicted molar refractivity (Wildman–Crippen MR) is 90.9 cm³/mol. The first-order valence-corrected chi connectivity index (χ1v) is 9.52. The van der Waals surface area contributed by atoms with Crippen molar-refractivity contribution in [2.75, 3.05) is 13.7 Å². The van der Waals surface area contributed by atoms with E-state index in [9.17, 15) is 9.59 Å². The molecule has 2 aliphatic rings. The number of esters is 1. The second kappa shape index (κ2) is 7.47. The molecule has 1 aliphatic carbocycles. The summed E-state index contributed by atoms with van der Waals surface area (Å²) in [7, 11) is 1.40. The van der Waals surface area contributed by atoms with E-state index in [1.807, 2.05) is 0 Å². The van der Waals surface area contributed by atoms with Gasteiger partial charge in [0, 0.05) is 11.4 Å². The van der Waals surface area contributed by atoms with Crippen LogP contribution >= 0.6 is 11.3 Å². The largest absolute Gasteiger partial charge is 0.467 e. The Bertz CT molecular complexity index is 555. The van der Waals surface area contributed by atoms with E-state index in [0.29, 0.717) is 13.0 Å². The van der Waals surface area contributed by atoms with Gasteiger partial charge in [0.25, 0.3) is 5.91 Å². The maximum atomic E-state index is 12.9. The van der Waals surface area contributed by atoms with Crippen LogP contribution in [0, 0.1) is 0 Å². The standard InChI is InChI=1S/C18H25NO3S/c1-22-18(21)14-9-6-7-11-19(14)17(20)16-12-13-8-4-2-3-5-10-15(13)23-16/h12,14H,2-11H2,1H3. The van der Waals surface area contributed by atoms with E-state index in [1.165, 1.54) is 43.2 Å². The van der Waals surface area contributed by atoms with Gasteiger partial charge in [-0.25, -0.2) is 4.79 Å². The topological polar surface area (TPSA) is 46.6 Å². The van der Waals surface area contributed by atoms with E-state index in [2.05, 4.69) is 6.07 Å². The minimum Gasteiger partial charge on any atom is -0.467 e. The van der Waals surface area contributed by atoms with Gasteiger partial charge >= 0.3 is 5.97 Å². The second-order valence-corrected chi connectivity index (χ2v) is 7.64. The molecule has 1 aromatic rings. The number of fused-ring (bicyclic) bond motifs is 1. The number of carbonyl (C=O) groups is 2. The van der Waals surface area contributed by atoms with Gasteiger partial charge in [-0.15, -0.1) is 11.3 Å². The number of thiophene rings is 1. The quantitative estimate of drug-likeness (QED) is 0.776. The molecule has 1 unspecified atom stereocenters. The summed E-state index contributed by atoms with van der Waals surface area (Å²) in [5, 5.41) is 0. The molecule has 0 N–H and O–H groups in total. The number of methoxy groups -OCH3 is 1. The van der Waals surface area contributed by atoms with Gasteiger partial charge in [-0.3, -0.25) is 4.79 Å². The molecule has 23 heavy (non-hydrogen) atoms. The van der Waals surface area contributed by atoms with Gasteiger partial charge in [-0.05, 0) is 56.6 Å². The highest BCUT2D eigenvalue weighted by molar-refractivity contribution is 7.14. The van der Waals surface area contributed by atoms with Gasteiger partial charge < -0.3 is 9.64 Å². The molecule has 1 fully saturated rings. The summed E-state index contributed by atoms with van der Waals surface area (Å²) in [6, 6.07) is 1.67. The average Bonchev–Trinajstić information content (AvgIpc) is 2.95. The van der Waals surface area contributed by atoms with Crippen molar-refractivity contribution in [3.05, 3.63) is 21.4 Å². The van der Waals surface area contributed by atoms with E-state index in [0.717, 1.165) is 30.6 Å². The highest BCUT2D eigenvalue weighted by Gasteiger charge is 2.34. The molecule has 0 aromatic carbocycles. The zero-order valence-electron chi connectivity index (χ0n) is 13.8. The van der Waals surface area contributed by atoms with Gasteiger partial charge in [-0.2, -0.15) is 0 Å². The van der Waals surface area contributed by atoms with E-state index >= 15 is 0 Å². The summed E-state index contributed by atoms with van der Waals surface area (Å²) in [6.07, 6.45) is 9.83. The van der Waals surface area contributed by atoms with Gasteiger partial charge in [0.1, 0.15) is 6.04 Å². The number of hydrogen-bond acceptors (Lipinski definition) is 4. The van der Waals surface area contributed by atoms with Crippen molar-refractivity contribution >= 4 is 23.2 Å². The summed E-state index contributed by atoms with van der Waals surface area (Å²) >= 11 is 1.64. The summed E-state index contributed by atoms with van der Waals surface area (Å²) in [4.78, 5) is 28.8. The van der Waals surface area contributed by atoms with Crippen LogP contribution in [-0.4, -0.2) is 36.5 Å². The lowest BCUT2D eigenvalue weighted by Gasteiger charge is -2.33. The molecule has 3 rings (SSSR count). The highest BCUT2D eigenvalue weighted by atomic mass is 32.1. The van der Waals surface area contributed by atoms with Crippen LogP contribution in [0.1, 0.15) is 65.1 Å². The fourth-order valence-corrected chi connectivity index (χ4v) is 4.86. The number of nitrogens with zero attached hydrogens (tertiary/aromatic N) is 1. The van der Waals surface area contributed by atoms with Crippen molar-refractivity contribution in [1.29, 1.82) is 0 Å². The molecule has 2 heterocycles. The van der Waals surface area contributed by atoms with Gasteiger partial charge in [0.2, 0.25) is 0 Å². The van der Waals surface area contributed by atoms with Crippen LogP contribution in [0.3, 0.4) is 0 Å². The molecule has 1 amide bonds. The molecular formula is C18H25NO3S. The Balaban J connectivity index is 1.81. The number of rotatable bonds is 2. The predicted octanol–water partition coefficient (Wildman–Crippen LogP) is 3.57. The van der Waals surface area contributed by atoms with Crippen LogP contribution in [0.2, 0.25) is 0 Å². The summed E-state index contributed by atoms with van der Waals surface area (Å²) in [5.74, 6) is -0.273. The molecule has 1 aromatic heterocycles. The molecule has 0 radical (unpaired) electrons. The fourth-order valence-electron chi connectivity index (χ4n) is 3.65. The van der Waals surface area contributed by atoms with Gasteiger partial charge in [0.15, 0.2) is 0 Å². The number of aryl methyl sites for hydroxylation is 2. The maximum absolute atomic E-state index is 12.9. The Morgan fingerprint density at radius 3 is 2.70 bits per heavy atom. The van der Waals surface area contributed by atoms with Gasteiger partial charge in [-0.1, -0.05) is 12.8 Å². The van der Waals surface area contributed by atoms with E-state index in [-0.39, 0.29) is 11.9 Å². The Kier molecular flexibility index (Phi) is 5.36. The summed E-state index contributed by atoms with van der Waals surface area (Å²) in [6.45, 7) is 0.654. The third-order valence-corrected chi connectivity index (χ3v) is 6.17. The number of hydrogen-bond donors (Lipinski definition) is 0. The third-order valence-electron chi connectivity index (χ3n) is 4.94. The summed E-state index contributed by atoms with van der Waals surface area (Å²) in [5.41, 5.74) is 1.35. The van der Waals surface area contributed by atoms with Crippen molar-refractivity contribution in [1.82, 2.24) is 4.90 Å². The van der Waals surface area contributed by atoms with E-state index < -0.39 is 6.04 Å². The van der Waals surface area contributed by atoms with Crippen LogP contribution in [0.5, 0.6) is 0 Å². The Morgan fingerprint density at radius 1 is 1.13 bits per heavy atom. The number of ether oxygens (including phenoxy) is 1. The highest BCUT2D eigenvalue weighted by Crippen LogP contribution is 2.30. The lowest BCUT2D eigenvalue weighted by Crippen LogP contribution is -2.48. The Morgan fingerprint density at radius 2 is 1.91 bits per heavy atom. The van der Waals surface area contributed by atoms with Crippen LogP contribution in [0.25, 0.3) is 0 Å². The second-order valence-electron chi connectivity index (χ2n) is 6.51. The molecule has 1 saturated heterocycles. The maximum Gasteiger partial charge on any atom is 0.328 e. The normalized spacial score (nSPS) is 22.0. The average molecular weight is 335 g/mol. The smallest absolute Gasteiger partial charge is 0.328 e.